The fourth-order valence-corrected chi connectivity index (χ4v) is 5.06. The average Bonchev–Trinajstić information content (AvgIpc) is 2.70. The van der Waals surface area contributed by atoms with E-state index in [2.05, 4.69) is 0 Å². The number of carbonyl (C=O) groups is 1. The van der Waals surface area contributed by atoms with Gasteiger partial charge in [-0.2, -0.15) is 4.31 Å². The first-order valence-electron chi connectivity index (χ1n) is 9.50. The zero-order valence-corrected chi connectivity index (χ0v) is 19.2. The third-order valence-electron chi connectivity index (χ3n) is 4.45. The second-order valence-corrected chi connectivity index (χ2v) is 9.53. The van der Waals surface area contributed by atoms with Gasteiger partial charge in [0.15, 0.2) is 0 Å². The van der Waals surface area contributed by atoms with Gasteiger partial charge in [-0.3, -0.25) is 4.79 Å². The standard InChI is InChI=1S/C21H26Cl2N2O3S/c1-4-12-25(13-5-2)29(27,28)18-10-6-8-16(14-18)21(26)24(3)15-17-9-7-11-19(22)20(17)23/h6-11,14H,4-5,12-13,15H2,1-3H3. The zero-order valence-electron chi connectivity index (χ0n) is 16.9. The fourth-order valence-electron chi connectivity index (χ4n) is 3.01. The molecule has 29 heavy (non-hydrogen) atoms. The molecule has 0 fully saturated rings. The van der Waals surface area contributed by atoms with E-state index < -0.39 is 10.0 Å². The average molecular weight is 457 g/mol. The van der Waals surface area contributed by atoms with Crippen molar-refractivity contribution in [1.82, 2.24) is 9.21 Å². The van der Waals surface area contributed by atoms with E-state index in [1.165, 1.54) is 21.3 Å². The number of carbonyl (C=O) groups excluding carboxylic acids is 1. The Hall–Kier alpha value is -1.60. The number of hydrogen-bond acceptors (Lipinski definition) is 3. The van der Waals surface area contributed by atoms with Gasteiger partial charge in [0.1, 0.15) is 0 Å². The van der Waals surface area contributed by atoms with Crippen molar-refractivity contribution in [2.45, 2.75) is 38.1 Å². The Kier molecular flexibility index (Phi) is 8.52. The van der Waals surface area contributed by atoms with Crippen molar-refractivity contribution in [2.75, 3.05) is 20.1 Å². The van der Waals surface area contributed by atoms with E-state index in [1.54, 1.807) is 37.4 Å². The predicted octanol–water partition coefficient (Wildman–Crippen LogP) is 5.08. The van der Waals surface area contributed by atoms with Crippen LogP contribution in [0.2, 0.25) is 10.0 Å². The van der Waals surface area contributed by atoms with Crippen LogP contribution in [0.25, 0.3) is 0 Å². The largest absolute Gasteiger partial charge is 0.337 e. The predicted molar refractivity (Wildman–Crippen MR) is 118 cm³/mol. The highest BCUT2D eigenvalue weighted by Crippen LogP contribution is 2.27. The summed E-state index contributed by atoms with van der Waals surface area (Å²) < 4.78 is 27.5. The van der Waals surface area contributed by atoms with Gasteiger partial charge >= 0.3 is 0 Å². The Balaban J connectivity index is 2.27. The van der Waals surface area contributed by atoms with Gasteiger partial charge in [-0.15, -0.1) is 0 Å². The Morgan fingerprint density at radius 2 is 1.62 bits per heavy atom. The van der Waals surface area contributed by atoms with E-state index in [0.29, 0.717) is 28.7 Å². The maximum absolute atomic E-state index is 13.0. The molecule has 0 aliphatic rings. The number of rotatable bonds is 9. The van der Waals surface area contributed by atoms with Crippen LogP contribution >= 0.6 is 23.2 Å². The molecule has 2 rings (SSSR count). The molecule has 0 N–H and O–H groups in total. The van der Waals surface area contributed by atoms with Crippen LogP contribution in [0.15, 0.2) is 47.4 Å². The van der Waals surface area contributed by atoms with Crippen LogP contribution in [0.4, 0.5) is 0 Å². The van der Waals surface area contributed by atoms with Gasteiger partial charge in [0.2, 0.25) is 10.0 Å². The highest BCUT2D eigenvalue weighted by Gasteiger charge is 2.24. The second-order valence-electron chi connectivity index (χ2n) is 6.81. The first kappa shape index (κ1) is 23.7. The van der Waals surface area contributed by atoms with Crippen molar-refractivity contribution in [3.63, 3.8) is 0 Å². The van der Waals surface area contributed by atoms with Gasteiger partial charge in [0.25, 0.3) is 5.91 Å². The summed E-state index contributed by atoms with van der Waals surface area (Å²) in [7, 11) is -2.01. The third kappa shape index (κ3) is 5.72. The van der Waals surface area contributed by atoms with E-state index in [9.17, 15) is 13.2 Å². The van der Waals surface area contributed by atoms with Crippen molar-refractivity contribution in [1.29, 1.82) is 0 Å². The number of sulfonamides is 1. The minimum atomic E-state index is -3.65. The molecule has 0 aromatic heterocycles. The molecule has 2 aromatic rings. The number of nitrogens with zero attached hydrogens (tertiary/aromatic N) is 2. The Morgan fingerprint density at radius 1 is 1.00 bits per heavy atom. The quantitative estimate of drug-likeness (QED) is 0.528. The molecule has 158 valence electrons. The lowest BCUT2D eigenvalue weighted by Gasteiger charge is -2.22. The highest BCUT2D eigenvalue weighted by atomic mass is 35.5. The summed E-state index contributed by atoms with van der Waals surface area (Å²) in [4.78, 5) is 14.5. The lowest BCUT2D eigenvalue weighted by atomic mass is 10.1. The van der Waals surface area contributed by atoms with Crippen LogP contribution in [0, 0.1) is 0 Å². The molecule has 0 aliphatic heterocycles. The summed E-state index contributed by atoms with van der Waals surface area (Å²) in [6.07, 6.45) is 1.45. The molecular formula is C21H26Cl2N2O3S. The number of amides is 1. The molecule has 2 aromatic carbocycles. The number of hydrogen-bond donors (Lipinski definition) is 0. The summed E-state index contributed by atoms with van der Waals surface area (Å²) >= 11 is 12.3. The molecule has 5 nitrogen and oxygen atoms in total. The Labute approximate surface area is 183 Å². The molecule has 0 unspecified atom stereocenters. The van der Waals surface area contributed by atoms with Crippen LogP contribution in [0.5, 0.6) is 0 Å². The van der Waals surface area contributed by atoms with E-state index in [0.717, 1.165) is 18.4 Å². The van der Waals surface area contributed by atoms with Gasteiger partial charge in [-0.05, 0) is 42.7 Å². The van der Waals surface area contributed by atoms with Gasteiger partial charge in [-0.1, -0.05) is 55.2 Å². The molecule has 8 heteroatoms. The number of benzene rings is 2. The SMILES string of the molecule is CCCN(CCC)S(=O)(=O)c1cccc(C(=O)N(C)Cc2cccc(Cl)c2Cl)c1. The molecule has 0 saturated carbocycles. The molecule has 0 spiro atoms. The summed E-state index contributed by atoms with van der Waals surface area (Å²) in [5.41, 5.74) is 1.02. The molecular weight excluding hydrogens is 431 g/mol. The maximum Gasteiger partial charge on any atom is 0.253 e. The normalized spacial score (nSPS) is 11.7. The van der Waals surface area contributed by atoms with E-state index in [4.69, 9.17) is 23.2 Å². The molecule has 0 saturated heterocycles. The first-order valence-corrected chi connectivity index (χ1v) is 11.7. The van der Waals surface area contributed by atoms with Crippen LogP contribution in [-0.2, 0) is 16.6 Å². The van der Waals surface area contributed by atoms with Gasteiger partial charge in [0.05, 0.1) is 14.9 Å². The summed E-state index contributed by atoms with van der Waals surface area (Å²) in [5, 5.41) is 0.824. The minimum Gasteiger partial charge on any atom is -0.337 e. The first-order chi connectivity index (χ1) is 13.7. The van der Waals surface area contributed by atoms with Crippen molar-refractivity contribution < 1.29 is 13.2 Å². The highest BCUT2D eigenvalue weighted by molar-refractivity contribution is 7.89. The van der Waals surface area contributed by atoms with E-state index in [-0.39, 0.29) is 17.3 Å². The summed E-state index contributed by atoms with van der Waals surface area (Å²) in [6, 6.07) is 11.4. The fraction of sp³-hybridized carbons (Fsp3) is 0.381. The Bertz CT molecular complexity index is 958. The smallest absolute Gasteiger partial charge is 0.253 e. The van der Waals surface area contributed by atoms with Gasteiger partial charge < -0.3 is 4.90 Å². The van der Waals surface area contributed by atoms with Crippen LogP contribution < -0.4 is 0 Å². The van der Waals surface area contributed by atoms with Crippen molar-refractivity contribution in [3.8, 4) is 0 Å². The molecule has 0 heterocycles. The van der Waals surface area contributed by atoms with Crippen molar-refractivity contribution in [2.24, 2.45) is 0 Å². The minimum absolute atomic E-state index is 0.124. The Morgan fingerprint density at radius 3 is 2.24 bits per heavy atom. The molecule has 1 amide bonds. The monoisotopic (exact) mass is 456 g/mol. The van der Waals surface area contributed by atoms with Crippen LogP contribution in [0.1, 0.15) is 42.6 Å². The van der Waals surface area contributed by atoms with E-state index in [1.807, 2.05) is 13.8 Å². The summed E-state index contributed by atoms with van der Waals surface area (Å²) in [6.45, 7) is 5.03. The topological polar surface area (TPSA) is 57.7 Å². The van der Waals surface area contributed by atoms with Crippen molar-refractivity contribution in [3.05, 3.63) is 63.6 Å². The van der Waals surface area contributed by atoms with Crippen LogP contribution in [0.3, 0.4) is 0 Å². The third-order valence-corrected chi connectivity index (χ3v) is 7.20. The molecule has 0 bridgehead atoms. The van der Waals surface area contributed by atoms with Crippen molar-refractivity contribution >= 4 is 39.1 Å². The van der Waals surface area contributed by atoms with Gasteiger partial charge in [-0.25, -0.2) is 8.42 Å². The lowest BCUT2D eigenvalue weighted by Crippen LogP contribution is -2.33. The second kappa shape index (κ2) is 10.4. The molecule has 0 atom stereocenters. The lowest BCUT2D eigenvalue weighted by molar-refractivity contribution is 0.0785. The van der Waals surface area contributed by atoms with E-state index >= 15 is 0 Å². The van der Waals surface area contributed by atoms with Gasteiger partial charge in [0, 0.05) is 32.2 Å². The summed E-state index contributed by atoms with van der Waals surface area (Å²) in [5.74, 6) is -0.296. The zero-order chi connectivity index (χ0) is 21.6. The maximum atomic E-state index is 13.0. The molecule has 0 radical (unpaired) electrons. The van der Waals surface area contributed by atoms with Crippen LogP contribution in [-0.4, -0.2) is 43.7 Å². The number of halogens is 2. The molecule has 0 aliphatic carbocycles.